The predicted molar refractivity (Wildman–Crippen MR) is 373 cm³/mol. The Morgan fingerprint density at radius 1 is 0.388 bits per heavy atom. The third kappa shape index (κ3) is 23.9. The Morgan fingerprint density at radius 3 is 1.10 bits per heavy atom. The average molecular weight is 1770 g/mol. The van der Waals surface area contributed by atoms with Crippen molar-refractivity contribution < 1.29 is 243 Å². The van der Waals surface area contributed by atoms with Crippen LogP contribution in [0, 0.1) is 0 Å². The van der Waals surface area contributed by atoms with Gasteiger partial charge in [0.2, 0.25) is 35.4 Å². The lowest BCUT2D eigenvalue weighted by molar-refractivity contribution is -0.398. The number of carbonyl (C=O) groups excluding carboxylic acids is 6. The third-order valence-corrected chi connectivity index (χ3v) is 20.9. The maximum atomic E-state index is 13.8. The van der Waals surface area contributed by atoms with Crippen LogP contribution in [0.15, 0.2) is 0 Å². The van der Waals surface area contributed by atoms with Crippen LogP contribution in [-0.2, 0) is 105 Å². The van der Waals surface area contributed by atoms with E-state index in [2.05, 4.69) is 26.6 Å². The summed E-state index contributed by atoms with van der Waals surface area (Å²) in [6, 6.07) is -11.9. The summed E-state index contributed by atoms with van der Waals surface area (Å²) in [5, 5.41) is 311. The Labute approximate surface area is 683 Å². The molecular formula is C66H110N6O49. The summed E-state index contributed by atoms with van der Waals surface area (Å²) in [6.45, 7) is -10.7. The first-order valence-corrected chi connectivity index (χ1v) is 37.6. The van der Waals surface area contributed by atoms with E-state index >= 15 is 0 Å². The summed E-state index contributed by atoms with van der Waals surface area (Å²) in [7, 11) is 0. The molecule has 7 saturated heterocycles. The number of carboxylic acid groups (broad SMARTS) is 2. The monoisotopic (exact) mass is 1770 g/mol. The topological polar surface area (TPSA) is 884 Å². The average Bonchev–Trinajstić information content (AvgIpc) is 0.749. The van der Waals surface area contributed by atoms with Gasteiger partial charge >= 0.3 is 11.9 Å². The standard InChI is InChI=1S/C66H110N6O49/c1-18(83)67-22(7-73)50(114-61-48(102)56(52(31(13-79)112-61)116-59-37(68-19(2)84)45(99)43(97)28(10-76)109-59)120-65(63(104)105)5-23(87)35(71-33(92)15-81)54(118-65)40(94)25(89)8-74)42(96)27(91)17-108-58-39(70-21(4)86)47(101)51(30(12-78)111-58)115-62-49(103)57(53(32(14-80)113-62)117-60-38(69-20(3)85)46(100)44(98)29(11-77)110-60)121-66(64(106)107)6-24(88)36(72-34(93)16-82)55(119-66)41(95)26(90)9-75/h22-32,35-62,73-82,87-91,94-103H,5-17H2,1-4H3,(H,67,83)(H,68,84)(H,69,85)(H,70,86)(H,71,92)(H,72,93)(H,104,105)(H,106,107)/t22-,23-,24-,25+,26+,27+,28+,29+,30+,31+,32+,35+,36+,37+,38+,39+,40+,41+,42-,43-,44-,45+,46+,47+,48+,49+,50+,51+,52-,53-,54+,55+,56+,57+,58+,59-,60-,61-,62-,65-,66-/m0/s1. The quantitative estimate of drug-likeness (QED) is 0.0271. The highest BCUT2D eigenvalue weighted by Crippen LogP contribution is 2.43. The number of aliphatic hydroxyl groups excluding tert-OH is 25. The van der Waals surface area contributed by atoms with Gasteiger partial charge in [0.05, 0.1) is 89.8 Å². The zero-order valence-corrected chi connectivity index (χ0v) is 64.8. The van der Waals surface area contributed by atoms with Crippen molar-refractivity contribution in [3.05, 3.63) is 0 Å². The first kappa shape index (κ1) is 102. The molecule has 0 aromatic heterocycles. The summed E-state index contributed by atoms with van der Waals surface area (Å²) in [5.41, 5.74) is 0. The van der Waals surface area contributed by atoms with Gasteiger partial charge in [-0.05, 0) is 0 Å². The van der Waals surface area contributed by atoms with Crippen molar-refractivity contribution in [1.82, 2.24) is 31.9 Å². The fraction of sp³-hybridized carbons (Fsp3) is 0.879. The van der Waals surface area contributed by atoms with Gasteiger partial charge in [-0.2, -0.15) is 0 Å². The Morgan fingerprint density at radius 2 is 0.744 bits per heavy atom. The zero-order valence-electron chi connectivity index (χ0n) is 64.8. The minimum atomic E-state index is -3.57. The molecule has 0 unspecified atom stereocenters. The molecule has 41 atom stereocenters. The molecule has 7 heterocycles. The SMILES string of the molecule is CC(=O)N[C@H]1[C@H](OC[C@@H](O)[C@H](O)[C@H](O[C@@H]2O[C@H](CO)[C@H](O[C@@H]3O[C@H](CO)[C@H](O)[C@H](O)[C@H]3NC(C)=O)[C@H](O[C@]3(C(=O)O)C[C@H](O)[C@@H](NC(=O)CO)[C@H]([C@H](O)[C@H](O)CO)O3)[C@H]2O)[C@H](CO)NC(C)=O)O[C@H](CO)[C@@H](O[C@@H]2O[C@H](CO)[C@H](O[C@@H]3O[C@H](CO)[C@H](O)[C@H](O)[C@H]3NC(C)=O)[C@H](O[C@]3(C(=O)O)C[C@H](O)[C@@H](NC(=O)CO)[C@H]([C@H](O)[C@H](O)CO)O3)[C@H]2O)[C@@H]1O. The van der Waals surface area contributed by atoms with Crippen molar-refractivity contribution in [1.29, 1.82) is 0 Å². The summed E-state index contributed by atoms with van der Waals surface area (Å²) in [6.07, 6.45) is -79.8. The van der Waals surface area contributed by atoms with Crippen LogP contribution < -0.4 is 31.9 Å². The largest absolute Gasteiger partial charge is 0.477 e. The molecule has 698 valence electrons. The van der Waals surface area contributed by atoms with Gasteiger partial charge < -0.3 is 236 Å². The first-order chi connectivity index (χ1) is 56.9. The van der Waals surface area contributed by atoms with Crippen molar-refractivity contribution in [2.45, 2.75) is 291 Å². The molecule has 7 aliphatic rings. The van der Waals surface area contributed by atoms with Crippen molar-refractivity contribution in [3.63, 3.8) is 0 Å². The fourth-order valence-electron chi connectivity index (χ4n) is 14.8. The van der Waals surface area contributed by atoms with E-state index in [4.69, 9.17) is 66.3 Å². The number of aliphatic carboxylic acids is 2. The van der Waals surface area contributed by atoms with E-state index in [9.17, 15) is 176 Å². The molecule has 0 radical (unpaired) electrons. The molecule has 33 N–H and O–H groups in total. The van der Waals surface area contributed by atoms with Gasteiger partial charge in [-0.25, -0.2) is 9.59 Å². The van der Waals surface area contributed by atoms with E-state index in [1.165, 1.54) is 0 Å². The van der Waals surface area contributed by atoms with E-state index in [-0.39, 0.29) is 0 Å². The lowest BCUT2D eigenvalue weighted by atomic mass is 9.88. The molecule has 0 aromatic rings. The number of carbonyl (C=O) groups is 8. The van der Waals surface area contributed by atoms with E-state index < -0.39 is 383 Å². The van der Waals surface area contributed by atoms with Crippen LogP contribution in [0.25, 0.3) is 0 Å². The maximum Gasteiger partial charge on any atom is 0.364 e. The van der Waals surface area contributed by atoms with Crippen LogP contribution in [0.1, 0.15) is 40.5 Å². The minimum absolute atomic E-state index is 0.848. The molecule has 7 rings (SSSR count). The normalized spacial score (nSPS) is 40.5. The highest BCUT2D eigenvalue weighted by molar-refractivity contribution is 5.79. The number of hydrogen-bond acceptors (Lipinski definition) is 47. The highest BCUT2D eigenvalue weighted by Gasteiger charge is 2.65. The molecular weight excluding hydrogens is 1660 g/mol. The van der Waals surface area contributed by atoms with Crippen molar-refractivity contribution in [3.8, 4) is 0 Å². The maximum absolute atomic E-state index is 13.8. The second-order valence-corrected chi connectivity index (χ2v) is 29.5. The number of ether oxygens (including phenoxy) is 14. The zero-order chi connectivity index (χ0) is 90.5. The van der Waals surface area contributed by atoms with Crippen LogP contribution in [-0.4, -0.2) is 508 Å². The van der Waals surface area contributed by atoms with Gasteiger partial charge in [0.1, 0.15) is 190 Å². The van der Waals surface area contributed by atoms with Crippen molar-refractivity contribution in [2.24, 2.45) is 0 Å². The Balaban J connectivity index is 1.24. The number of rotatable bonds is 40. The Hall–Kier alpha value is -5.80. The molecule has 0 aliphatic carbocycles. The summed E-state index contributed by atoms with van der Waals surface area (Å²) >= 11 is 0. The van der Waals surface area contributed by atoms with Crippen LogP contribution in [0.5, 0.6) is 0 Å². The van der Waals surface area contributed by atoms with E-state index in [1.54, 1.807) is 0 Å². The lowest BCUT2D eigenvalue weighted by Gasteiger charge is -2.52. The van der Waals surface area contributed by atoms with Crippen LogP contribution in [0.2, 0.25) is 0 Å². The molecule has 0 aromatic carbocycles. The van der Waals surface area contributed by atoms with Crippen LogP contribution in [0.3, 0.4) is 0 Å². The number of aliphatic hydroxyl groups is 25. The number of hydrogen-bond donors (Lipinski definition) is 33. The molecule has 7 aliphatic heterocycles. The van der Waals surface area contributed by atoms with E-state index in [0.717, 1.165) is 27.7 Å². The molecule has 55 heteroatoms. The molecule has 121 heavy (non-hydrogen) atoms. The second-order valence-electron chi connectivity index (χ2n) is 29.5. The van der Waals surface area contributed by atoms with Gasteiger partial charge in [-0.1, -0.05) is 0 Å². The number of carboxylic acids is 2. The van der Waals surface area contributed by atoms with E-state index in [1.807, 2.05) is 5.32 Å². The molecule has 0 bridgehead atoms. The summed E-state index contributed by atoms with van der Waals surface area (Å²) in [4.78, 5) is 104. The first-order valence-electron chi connectivity index (χ1n) is 37.6. The fourth-order valence-corrected chi connectivity index (χ4v) is 14.8. The van der Waals surface area contributed by atoms with Crippen LogP contribution >= 0.6 is 0 Å². The Bertz CT molecular complexity index is 3360. The second kappa shape index (κ2) is 45.1. The van der Waals surface area contributed by atoms with Gasteiger partial charge in [-0.15, -0.1) is 0 Å². The van der Waals surface area contributed by atoms with Gasteiger partial charge in [-0.3, -0.25) is 28.8 Å². The lowest BCUT2D eigenvalue weighted by Crippen LogP contribution is -2.72. The predicted octanol–water partition coefficient (Wildman–Crippen LogP) is -21.6. The number of amides is 6. The van der Waals surface area contributed by atoms with Crippen LogP contribution in [0.4, 0.5) is 0 Å². The summed E-state index contributed by atoms with van der Waals surface area (Å²) < 4.78 is 83.0. The minimum Gasteiger partial charge on any atom is -0.477 e. The van der Waals surface area contributed by atoms with Crippen molar-refractivity contribution >= 4 is 47.4 Å². The molecule has 6 amide bonds. The number of nitrogens with one attached hydrogen (secondary N) is 6. The molecule has 7 fully saturated rings. The van der Waals surface area contributed by atoms with Gasteiger partial charge in [0.15, 0.2) is 31.5 Å². The highest BCUT2D eigenvalue weighted by atomic mass is 16.8. The summed E-state index contributed by atoms with van der Waals surface area (Å²) in [5.74, 6) is -18.3. The van der Waals surface area contributed by atoms with Gasteiger partial charge in [0.25, 0.3) is 11.6 Å². The smallest absolute Gasteiger partial charge is 0.364 e. The van der Waals surface area contributed by atoms with Crippen molar-refractivity contribution in [2.75, 3.05) is 72.7 Å². The van der Waals surface area contributed by atoms with E-state index in [0.29, 0.717) is 0 Å². The van der Waals surface area contributed by atoms with Gasteiger partial charge in [0, 0.05) is 40.5 Å². The Kier molecular flexibility index (Phi) is 38.1. The molecule has 55 nitrogen and oxygen atoms in total. The molecule has 0 spiro atoms. The molecule has 0 saturated carbocycles. The third-order valence-electron chi connectivity index (χ3n) is 20.9.